The van der Waals surface area contributed by atoms with E-state index in [1.807, 2.05) is 33.8 Å². The van der Waals surface area contributed by atoms with Crippen LogP contribution in [-0.4, -0.2) is 17.8 Å². The van der Waals surface area contributed by atoms with Crippen molar-refractivity contribution in [3.8, 4) is 0 Å². The van der Waals surface area contributed by atoms with Crippen molar-refractivity contribution in [3.63, 3.8) is 0 Å². The molecule has 3 nitrogen and oxygen atoms in total. The molecule has 1 aromatic carbocycles. The van der Waals surface area contributed by atoms with Crippen molar-refractivity contribution in [2.75, 3.05) is 4.90 Å². The van der Waals surface area contributed by atoms with E-state index < -0.39 is 17.7 Å². The number of allylic oxidation sites excluding steroid dienone is 7. The van der Waals surface area contributed by atoms with E-state index in [-0.39, 0.29) is 16.8 Å². The smallest absolute Gasteiger partial charge is 0.276 e. The second-order valence-corrected chi connectivity index (χ2v) is 8.80. The van der Waals surface area contributed by atoms with Gasteiger partial charge in [-0.25, -0.2) is 4.99 Å². The van der Waals surface area contributed by atoms with Crippen LogP contribution in [0, 0.1) is 11.3 Å². The lowest BCUT2D eigenvalue weighted by Crippen LogP contribution is -2.29. The zero-order chi connectivity index (χ0) is 29.8. The van der Waals surface area contributed by atoms with Crippen LogP contribution in [0.3, 0.4) is 0 Å². The highest BCUT2D eigenvalue weighted by Gasteiger charge is 2.36. The van der Waals surface area contributed by atoms with Gasteiger partial charge in [0.15, 0.2) is 0 Å². The van der Waals surface area contributed by atoms with Gasteiger partial charge in [0.2, 0.25) is 0 Å². The van der Waals surface area contributed by atoms with Crippen molar-refractivity contribution in [1.29, 1.82) is 0 Å². The zero-order valence-electron chi connectivity index (χ0n) is 24.3. The van der Waals surface area contributed by atoms with Gasteiger partial charge in [0, 0.05) is 11.3 Å². The normalized spacial score (nSPS) is 15.4. The second kappa shape index (κ2) is 15.1. The molecule has 0 aromatic heterocycles. The molecular weight excluding hydrogens is 485 g/mol. The van der Waals surface area contributed by atoms with Crippen LogP contribution in [0.2, 0.25) is 0 Å². The number of rotatable bonds is 8. The summed E-state index contributed by atoms with van der Waals surface area (Å²) in [7, 11) is 0. The number of para-hydroxylation sites is 1. The number of aliphatic imine (C=N–C) groups is 1. The largest absolute Gasteiger partial charge is 0.416 e. The Morgan fingerprint density at radius 1 is 0.974 bits per heavy atom. The van der Waals surface area contributed by atoms with E-state index in [2.05, 4.69) is 52.4 Å². The molecule has 1 heterocycles. The van der Waals surface area contributed by atoms with Crippen molar-refractivity contribution in [1.82, 2.24) is 0 Å². The molecule has 0 aliphatic carbocycles. The van der Waals surface area contributed by atoms with Gasteiger partial charge in [0.05, 0.1) is 17.0 Å². The number of hydrogen-bond acceptors (Lipinski definition) is 2. The summed E-state index contributed by atoms with van der Waals surface area (Å²) >= 11 is 0. The summed E-state index contributed by atoms with van der Waals surface area (Å²) in [6, 6.07) is 6.97. The summed E-state index contributed by atoms with van der Waals surface area (Å²) in [6.07, 6.45) is 2.03. The minimum atomic E-state index is -4.55. The fraction of sp³-hybridized carbons (Fsp3) is 0.375. The van der Waals surface area contributed by atoms with Gasteiger partial charge in [-0.2, -0.15) is 13.2 Å². The molecule has 0 saturated carbocycles. The van der Waals surface area contributed by atoms with Gasteiger partial charge in [-0.3, -0.25) is 9.69 Å². The molecule has 0 fully saturated rings. The molecule has 6 heteroatoms. The lowest BCUT2D eigenvalue weighted by atomic mass is 9.74. The van der Waals surface area contributed by atoms with Gasteiger partial charge in [-0.15, -0.1) is 0 Å². The lowest BCUT2D eigenvalue weighted by molar-refractivity contribution is -0.111. The number of benzene rings is 1. The molecule has 1 aromatic rings. The molecule has 0 radical (unpaired) electrons. The van der Waals surface area contributed by atoms with Crippen LogP contribution in [0.15, 0.2) is 102 Å². The highest BCUT2D eigenvalue weighted by atomic mass is 19.4. The summed E-state index contributed by atoms with van der Waals surface area (Å²) in [5.74, 6) is -0.173. The fourth-order valence-electron chi connectivity index (χ4n) is 3.43. The van der Waals surface area contributed by atoms with Crippen molar-refractivity contribution in [2.45, 2.75) is 68.5 Å². The van der Waals surface area contributed by atoms with Gasteiger partial charge < -0.3 is 0 Å². The number of carbonyl (C=O) groups is 1. The van der Waals surface area contributed by atoms with Gasteiger partial charge in [-0.1, -0.05) is 105 Å². The highest BCUT2D eigenvalue weighted by Crippen LogP contribution is 2.38. The molecule has 1 aliphatic rings. The maximum atomic E-state index is 13.4. The van der Waals surface area contributed by atoms with Crippen molar-refractivity contribution >= 4 is 17.3 Å². The molecule has 1 aliphatic heterocycles. The van der Waals surface area contributed by atoms with Crippen LogP contribution in [0.1, 0.15) is 67.9 Å². The van der Waals surface area contributed by atoms with Crippen LogP contribution in [0.25, 0.3) is 0 Å². The molecule has 0 bridgehead atoms. The third-order valence-electron chi connectivity index (χ3n) is 6.21. The second-order valence-electron chi connectivity index (χ2n) is 8.80. The van der Waals surface area contributed by atoms with Crippen molar-refractivity contribution in [3.05, 3.63) is 102 Å². The number of amides is 1. The van der Waals surface area contributed by atoms with Crippen LogP contribution >= 0.6 is 0 Å². The number of carbonyl (C=O) groups excluding carboxylic acids is 1. The number of alkyl halides is 3. The van der Waals surface area contributed by atoms with Crippen LogP contribution in [-0.2, 0) is 4.79 Å². The Labute approximate surface area is 227 Å². The quantitative estimate of drug-likeness (QED) is 0.309. The number of anilines is 1. The first-order valence-corrected chi connectivity index (χ1v) is 12.9. The third-order valence-corrected chi connectivity index (χ3v) is 6.21. The van der Waals surface area contributed by atoms with E-state index in [4.69, 9.17) is 0 Å². The maximum absolute atomic E-state index is 13.4. The van der Waals surface area contributed by atoms with E-state index in [1.54, 1.807) is 30.3 Å². The first-order chi connectivity index (χ1) is 17.8. The number of fused-ring (bicyclic) bond motifs is 1. The maximum Gasteiger partial charge on any atom is 0.416 e. The molecule has 0 spiro atoms. The van der Waals surface area contributed by atoms with E-state index in [0.29, 0.717) is 22.9 Å². The fourth-order valence-corrected chi connectivity index (χ4v) is 3.43. The first-order valence-electron chi connectivity index (χ1n) is 12.9. The summed E-state index contributed by atoms with van der Waals surface area (Å²) < 4.78 is 39.7. The highest BCUT2D eigenvalue weighted by molar-refractivity contribution is 6.55. The minimum Gasteiger partial charge on any atom is -0.276 e. The van der Waals surface area contributed by atoms with Crippen molar-refractivity contribution in [2.24, 2.45) is 16.3 Å². The van der Waals surface area contributed by atoms with E-state index in [9.17, 15) is 18.0 Å². The number of hydrogen-bond donors (Lipinski definition) is 0. The Bertz CT molecular complexity index is 1130. The molecule has 2 rings (SSSR count). The summed E-state index contributed by atoms with van der Waals surface area (Å²) in [5, 5.41) is 0. The Morgan fingerprint density at radius 2 is 1.53 bits per heavy atom. The predicted octanol–water partition coefficient (Wildman–Crippen LogP) is 9.76. The Hall–Kier alpha value is -3.41. The van der Waals surface area contributed by atoms with Crippen molar-refractivity contribution < 1.29 is 18.0 Å². The molecule has 0 N–H and O–H groups in total. The van der Waals surface area contributed by atoms with E-state index >= 15 is 0 Å². The van der Waals surface area contributed by atoms with E-state index in [1.165, 1.54) is 17.9 Å². The average Bonchev–Trinajstić information content (AvgIpc) is 3.17. The summed E-state index contributed by atoms with van der Waals surface area (Å²) in [6.45, 7) is 29.3. The first kappa shape index (κ1) is 34.6. The van der Waals surface area contributed by atoms with Crippen LogP contribution in [0.5, 0.6) is 0 Å². The molecule has 1 amide bonds. The Balaban J connectivity index is 0.00000326. The predicted molar refractivity (Wildman–Crippen MR) is 157 cm³/mol. The molecule has 0 saturated heterocycles. The summed E-state index contributed by atoms with van der Waals surface area (Å²) in [4.78, 5) is 19.1. The number of halogens is 3. The molecular formula is C32H43F3N2O. The third kappa shape index (κ3) is 8.04. The number of nitrogens with zero attached hydrogens (tertiary/aromatic N) is 2. The Morgan fingerprint density at radius 3 is 1.97 bits per heavy atom. The monoisotopic (exact) mass is 528 g/mol. The Kier molecular flexibility index (Phi) is 13.8. The zero-order valence-corrected chi connectivity index (χ0v) is 24.3. The van der Waals surface area contributed by atoms with Gasteiger partial charge in [-0.05, 0) is 48.1 Å². The van der Waals surface area contributed by atoms with Crippen LogP contribution in [0.4, 0.5) is 18.9 Å². The molecule has 0 unspecified atom stereocenters. The van der Waals surface area contributed by atoms with Crippen LogP contribution < -0.4 is 4.90 Å². The van der Waals surface area contributed by atoms with E-state index in [0.717, 1.165) is 17.7 Å². The lowest BCUT2D eigenvalue weighted by Gasteiger charge is -2.31. The topological polar surface area (TPSA) is 32.7 Å². The summed E-state index contributed by atoms with van der Waals surface area (Å²) in [5.41, 5.74) is 1.26. The van der Waals surface area contributed by atoms with Gasteiger partial charge >= 0.3 is 6.18 Å². The molecule has 208 valence electrons. The van der Waals surface area contributed by atoms with Gasteiger partial charge in [0.25, 0.3) is 5.91 Å². The van der Waals surface area contributed by atoms with Gasteiger partial charge in [0.1, 0.15) is 5.71 Å². The molecule has 0 atom stereocenters. The molecule has 38 heavy (non-hydrogen) atoms. The standard InChI is InChI=1S/C28H31F3N2O.2C2H6/c1-9-20(27(7,8)18(4)5)16-19(6)33-24-15-13-12-14-23(24)25(26(33)34)32-22(11-3)17-21(10-2)28(29,30)31;2*1-2/h9-18H,1,3,6H2,2,4-5,7-8H3;2*1-2H3/b20-16+,21-10+,22-17+,32-25?;;. The SMILES string of the molecule is C=C/C(=C\C(=C/C)C(F)(F)F)N=C1C(=O)N(C(=C)/C=C(\C=C)C(C)(C)C(C)C)c2ccccc21.CC.CC. The minimum absolute atomic E-state index is 0.0252. The average molecular weight is 529 g/mol.